The Hall–Kier alpha value is -0.530. The Morgan fingerprint density at radius 3 is 1.35 bits per heavy atom. The number of esters is 1. The Labute approximate surface area is 196 Å². The molecule has 0 aliphatic rings. The maximum Gasteiger partial charge on any atom is 0.308 e. The van der Waals surface area contributed by atoms with Gasteiger partial charge in [-0.3, -0.25) is 4.79 Å². The van der Waals surface area contributed by atoms with Gasteiger partial charge in [0.15, 0.2) is 0 Å². The minimum absolute atomic E-state index is 0.0372. The molecule has 0 fully saturated rings. The number of unbranched alkanes of at least 4 members (excludes halogenated alkanes) is 15. The quantitative estimate of drug-likeness (QED) is 0.111. The molecule has 0 spiro atoms. The first-order chi connectivity index (χ1) is 15.2. The molecule has 2 heteroatoms. The fourth-order valence-electron chi connectivity index (χ4n) is 4.43. The van der Waals surface area contributed by atoms with Gasteiger partial charge in [-0.05, 0) is 25.2 Å². The summed E-state index contributed by atoms with van der Waals surface area (Å²) in [5.41, 5.74) is 0. The van der Waals surface area contributed by atoms with Crippen LogP contribution in [0.3, 0.4) is 0 Å². The number of hydrogen-bond donors (Lipinski definition) is 0. The standard InChI is InChI=1S/C29H58O2/c1-5-8-11-13-14-15-16-17-19-22-25-28(24-21-18-12-9-6-2)26-31-29(30)27(4)23-20-10-7-3/h27-28H,5-26H2,1-4H3. The lowest BCUT2D eigenvalue weighted by atomic mass is 9.94. The van der Waals surface area contributed by atoms with Crippen molar-refractivity contribution in [3.05, 3.63) is 0 Å². The summed E-state index contributed by atoms with van der Waals surface area (Å²) in [5.74, 6) is 0.673. The minimum atomic E-state index is 0.0372. The van der Waals surface area contributed by atoms with Crippen molar-refractivity contribution in [1.82, 2.24) is 0 Å². The molecule has 0 N–H and O–H groups in total. The van der Waals surface area contributed by atoms with Gasteiger partial charge in [0.25, 0.3) is 0 Å². The minimum Gasteiger partial charge on any atom is -0.465 e. The average Bonchev–Trinajstić information content (AvgIpc) is 2.77. The summed E-state index contributed by atoms with van der Waals surface area (Å²) in [4.78, 5) is 12.4. The van der Waals surface area contributed by atoms with Crippen LogP contribution in [0.2, 0.25) is 0 Å². The van der Waals surface area contributed by atoms with Crippen LogP contribution in [0, 0.1) is 11.8 Å². The van der Waals surface area contributed by atoms with Crippen molar-refractivity contribution in [2.75, 3.05) is 6.61 Å². The van der Waals surface area contributed by atoms with E-state index >= 15 is 0 Å². The van der Waals surface area contributed by atoms with Crippen molar-refractivity contribution in [2.24, 2.45) is 11.8 Å². The van der Waals surface area contributed by atoms with Crippen molar-refractivity contribution >= 4 is 5.97 Å². The van der Waals surface area contributed by atoms with Gasteiger partial charge in [0.2, 0.25) is 0 Å². The van der Waals surface area contributed by atoms with Gasteiger partial charge in [-0.1, -0.05) is 143 Å². The van der Waals surface area contributed by atoms with E-state index in [0.717, 1.165) is 12.8 Å². The zero-order valence-electron chi connectivity index (χ0n) is 22.0. The molecule has 0 aliphatic carbocycles. The molecule has 0 aromatic heterocycles. The van der Waals surface area contributed by atoms with E-state index in [4.69, 9.17) is 4.74 Å². The highest BCUT2D eigenvalue weighted by molar-refractivity contribution is 5.71. The molecule has 0 saturated carbocycles. The topological polar surface area (TPSA) is 26.3 Å². The average molecular weight is 439 g/mol. The number of ether oxygens (including phenoxy) is 1. The van der Waals surface area contributed by atoms with E-state index in [-0.39, 0.29) is 11.9 Å². The van der Waals surface area contributed by atoms with Crippen LogP contribution in [0.4, 0.5) is 0 Å². The Bertz CT molecular complexity index is 366. The number of hydrogen-bond acceptors (Lipinski definition) is 2. The van der Waals surface area contributed by atoms with E-state index in [2.05, 4.69) is 20.8 Å². The van der Waals surface area contributed by atoms with E-state index in [0.29, 0.717) is 12.5 Å². The smallest absolute Gasteiger partial charge is 0.308 e. The second kappa shape index (κ2) is 24.1. The van der Waals surface area contributed by atoms with Crippen LogP contribution in [0.5, 0.6) is 0 Å². The van der Waals surface area contributed by atoms with Crippen LogP contribution in [-0.2, 0) is 9.53 Å². The predicted molar refractivity (Wildman–Crippen MR) is 138 cm³/mol. The maximum absolute atomic E-state index is 12.4. The molecule has 0 rings (SSSR count). The van der Waals surface area contributed by atoms with Gasteiger partial charge >= 0.3 is 5.97 Å². The van der Waals surface area contributed by atoms with Crippen LogP contribution < -0.4 is 0 Å². The third-order valence-electron chi connectivity index (χ3n) is 6.79. The van der Waals surface area contributed by atoms with Crippen molar-refractivity contribution < 1.29 is 9.53 Å². The summed E-state index contributed by atoms with van der Waals surface area (Å²) < 4.78 is 5.78. The Kier molecular flexibility index (Phi) is 23.7. The van der Waals surface area contributed by atoms with Crippen LogP contribution >= 0.6 is 0 Å². The van der Waals surface area contributed by atoms with E-state index < -0.39 is 0 Å². The molecule has 0 aromatic rings. The summed E-state index contributed by atoms with van der Waals surface area (Å²) in [6.07, 6.45) is 27.5. The van der Waals surface area contributed by atoms with Crippen molar-refractivity contribution in [3.63, 3.8) is 0 Å². The Balaban J connectivity index is 4.04. The molecule has 0 saturated heterocycles. The molecule has 0 aromatic carbocycles. The summed E-state index contributed by atoms with van der Waals surface area (Å²) in [7, 11) is 0. The fourth-order valence-corrected chi connectivity index (χ4v) is 4.43. The molecule has 0 radical (unpaired) electrons. The number of carbonyl (C=O) groups excluding carboxylic acids is 1. The normalized spacial score (nSPS) is 13.3. The molecule has 186 valence electrons. The van der Waals surface area contributed by atoms with Crippen molar-refractivity contribution in [2.45, 2.75) is 163 Å². The molecular formula is C29H58O2. The second-order valence-electron chi connectivity index (χ2n) is 10.1. The van der Waals surface area contributed by atoms with Crippen LogP contribution in [0.15, 0.2) is 0 Å². The first-order valence-electron chi connectivity index (χ1n) is 14.3. The zero-order valence-corrected chi connectivity index (χ0v) is 22.0. The molecule has 2 atom stereocenters. The summed E-state index contributed by atoms with van der Waals surface area (Å²) in [5, 5.41) is 0. The molecule has 0 aliphatic heterocycles. The van der Waals surface area contributed by atoms with Crippen molar-refractivity contribution in [1.29, 1.82) is 0 Å². The molecular weight excluding hydrogens is 380 g/mol. The largest absolute Gasteiger partial charge is 0.465 e. The monoisotopic (exact) mass is 438 g/mol. The zero-order chi connectivity index (χ0) is 23.0. The van der Waals surface area contributed by atoms with Gasteiger partial charge in [-0.15, -0.1) is 0 Å². The highest BCUT2D eigenvalue weighted by Crippen LogP contribution is 2.21. The Morgan fingerprint density at radius 2 is 0.903 bits per heavy atom. The van der Waals surface area contributed by atoms with E-state index in [1.807, 2.05) is 6.92 Å². The van der Waals surface area contributed by atoms with E-state index in [1.54, 1.807) is 0 Å². The van der Waals surface area contributed by atoms with Gasteiger partial charge in [0.05, 0.1) is 12.5 Å². The lowest BCUT2D eigenvalue weighted by Gasteiger charge is -2.19. The maximum atomic E-state index is 12.4. The highest BCUT2D eigenvalue weighted by atomic mass is 16.5. The third kappa shape index (κ3) is 21.1. The lowest BCUT2D eigenvalue weighted by molar-refractivity contribution is -0.149. The summed E-state index contributed by atoms with van der Waals surface area (Å²) >= 11 is 0. The van der Waals surface area contributed by atoms with Gasteiger partial charge in [0, 0.05) is 0 Å². The highest BCUT2D eigenvalue weighted by Gasteiger charge is 2.17. The van der Waals surface area contributed by atoms with Gasteiger partial charge in [-0.2, -0.15) is 0 Å². The number of rotatable bonds is 24. The third-order valence-corrected chi connectivity index (χ3v) is 6.79. The summed E-state index contributed by atoms with van der Waals surface area (Å²) in [6, 6.07) is 0. The van der Waals surface area contributed by atoms with E-state index in [1.165, 1.54) is 122 Å². The summed E-state index contributed by atoms with van der Waals surface area (Å²) in [6.45, 7) is 9.46. The first kappa shape index (κ1) is 30.5. The number of carbonyl (C=O) groups is 1. The van der Waals surface area contributed by atoms with Crippen LogP contribution in [0.25, 0.3) is 0 Å². The van der Waals surface area contributed by atoms with Crippen molar-refractivity contribution in [3.8, 4) is 0 Å². The van der Waals surface area contributed by atoms with Crippen LogP contribution in [0.1, 0.15) is 163 Å². The SMILES string of the molecule is CCCCCCCCCCCCC(CCCCCCC)COC(=O)C(C)CCCCC. The predicted octanol–water partition coefficient (Wildman–Crippen LogP) is 10.0. The van der Waals surface area contributed by atoms with Gasteiger partial charge < -0.3 is 4.74 Å². The molecule has 2 unspecified atom stereocenters. The lowest BCUT2D eigenvalue weighted by Crippen LogP contribution is -2.19. The van der Waals surface area contributed by atoms with Crippen LogP contribution in [-0.4, -0.2) is 12.6 Å². The Morgan fingerprint density at radius 1 is 0.548 bits per heavy atom. The molecule has 0 amide bonds. The van der Waals surface area contributed by atoms with E-state index in [9.17, 15) is 4.79 Å². The molecule has 0 bridgehead atoms. The molecule has 31 heavy (non-hydrogen) atoms. The first-order valence-corrected chi connectivity index (χ1v) is 14.3. The van der Waals surface area contributed by atoms with Gasteiger partial charge in [-0.25, -0.2) is 0 Å². The molecule has 0 heterocycles. The van der Waals surface area contributed by atoms with Gasteiger partial charge in [0.1, 0.15) is 0 Å². The molecule has 2 nitrogen and oxygen atoms in total. The fraction of sp³-hybridized carbons (Fsp3) is 0.966. The second-order valence-corrected chi connectivity index (χ2v) is 10.1.